The summed E-state index contributed by atoms with van der Waals surface area (Å²) in [6.07, 6.45) is 0. The zero-order valence-corrected chi connectivity index (χ0v) is 6.71. The quantitative estimate of drug-likeness (QED) is 0.445. The molecule has 5 heteroatoms. The van der Waals surface area contributed by atoms with Gasteiger partial charge in [-0.2, -0.15) is 0 Å². The number of anilines is 1. The zero-order valence-electron chi connectivity index (χ0n) is 5.95. The van der Waals surface area contributed by atoms with Gasteiger partial charge in [-0.1, -0.05) is 6.07 Å². The van der Waals surface area contributed by atoms with Gasteiger partial charge < -0.3 is 0 Å². The second kappa shape index (κ2) is 3.82. The average molecular weight is 185 g/mol. The minimum atomic E-state index is -0.565. The first-order valence-electron chi connectivity index (χ1n) is 3.12. The number of rotatable bonds is 3. The van der Waals surface area contributed by atoms with Crippen molar-refractivity contribution < 1.29 is 4.79 Å². The molecule has 4 nitrogen and oxygen atoms in total. The Bertz CT molecular complexity index is 314. The second-order valence-electron chi connectivity index (χ2n) is 2.06. The minimum absolute atomic E-state index is 0.324. The summed E-state index contributed by atoms with van der Waals surface area (Å²) >= 11 is 5.20. The lowest BCUT2D eigenvalue weighted by Crippen LogP contribution is -1.91. The number of halogens is 1. The molecule has 0 amide bonds. The summed E-state index contributed by atoms with van der Waals surface area (Å²) in [6.45, 7) is 0. The van der Waals surface area contributed by atoms with Gasteiger partial charge in [0.2, 0.25) is 0 Å². The first-order chi connectivity index (χ1) is 5.74. The van der Waals surface area contributed by atoms with Gasteiger partial charge in [0, 0.05) is 5.56 Å². The van der Waals surface area contributed by atoms with Crippen LogP contribution in [0.3, 0.4) is 0 Å². The molecule has 1 N–H and O–H groups in total. The number of carbonyl (C=O) groups excluding carboxylic acids is 1. The Balaban J connectivity index is 2.95. The molecule has 0 unspecified atom stereocenters. The molecule has 0 aromatic heterocycles. The van der Waals surface area contributed by atoms with Gasteiger partial charge in [-0.05, 0) is 29.8 Å². The van der Waals surface area contributed by atoms with Crippen molar-refractivity contribution in [1.29, 1.82) is 0 Å². The van der Waals surface area contributed by atoms with Crippen LogP contribution in [-0.2, 0) is 0 Å². The number of carbonyl (C=O) groups is 1. The normalized spacial score (nSPS) is 9.08. The summed E-state index contributed by atoms with van der Waals surface area (Å²) in [5.74, 6) is 0. The summed E-state index contributed by atoms with van der Waals surface area (Å²) in [5.41, 5.74) is 2.93. The molecule has 0 radical (unpaired) electrons. The third-order valence-electron chi connectivity index (χ3n) is 1.26. The fourth-order valence-electron chi connectivity index (χ4n) is 0.764. The van der Waals surface area contributed by atoms with Gasteiger partial charge in [0.1, 0.15) is 0 Å². The van der Waals surface area contributed by atoms with Crippen molar-refractivity contribution in [3.8, 4) is 0 Å². The van der Waals surface area contributed by atoms with E-state index in [-0.39, 0.29) is 0 Å². The molecular weight excluding hydrogens is 180 g/mol. The smallest absolute Gasteiger partial charge is 0.252 e. The second-order valence-corrected chi connectivity index (χ2v) is 2.40. The summed E-state index contributed by atoms with van der Waals surface area (Å²) in [6, 6.07) is 6.19. The molecular formula is C7H5ClN2O2. The maximum absolute atomic E-state index is 10.6. The van der Waals surface area contributed by atoms with Crippen molar-refractivity contribution in [2.75, 3.05) is 5.43 Å². The maximum Gasteiger partial charge on any atom is 0.252 e. The highest BCUT2D eigenvalue weighted by atomic mass is 35.5. The van der Waals surface area contributed by atoms with Crippen LogP contribution in [0.5, 0.6) is 0 Å². The first-order valence-corrected chi connectivity index (χ1v) is 3.50. The monoisotopic (exact) mass is 184 g/mol. The molecule has 12 heavy (non-hydrogen) atoms. The third kappa shape index (κ3) is 2.03. The molecule has 0 saturated heterocycles. The Hall–Kier alpha value is -1.42. The molecule has 0 heterocycles. The Kier molecular flexibility index (Phi) is 2.76. The number of benzene rings is 1. The van der Waals surface area contributed by atoms with Gasteiger partial charge in [0.25, 0.3) is 5.24 Å². The lowest BCUT2D eigenvalue weighted by Gasteiger charge is -1.97. The van der Waals surface area contributed by atoms with E-state index in [1.165, 1.54) is 6.07 Å². The standard InChI is InChI=1S/C7H5ClN2O2/c8-7(11)5-2-1-3-6(4-5)9-10-12/h1-4H,(H,9,12). The fraction of sp³-hybridized carbons (Fsp3) is 0. The van der Waals surface area contributed by atoms with Gasteiger partial charge in [0.05, 0.1) is 11.0 Å². The van der Waals surface area contributed by atoms with E-state index in [9.17, 15) is 9.70 Å². The van der Waals surface area contributed by atoms with Crippen molar-refractivity contribution in [2.24, 2.45) is 5.29 Å². The summed E-state index contributed by atoms with van der Waals surface area (Å²) in [5, 5.41) is 1.89. The van der Waals surface area contributed by atoms with Crippen molar-refractivity contribution in [3.05, 3.63) is 34.7 Å². The largest absolute Gasteiger partial charge is 0.276 e. The maximum atomic E-state index is 10.6. The highest BCUT2D eigenvalue weighted by Gasteiger charge is 2.01. The Morgan fingerprint density at radius 1 is 1.50 bits per heavy atom. The SMILES string of the molecule is O=NNc1cccc(C(=O)Cl)c1. The highest BCUT2D eigenvalue weighted by Crippen LogP contribution is 2.11. The third-order valence-corrected chi connectivity index (χ3v) is 1.48. The van der Waals surface area contributed by atoms with Crippen LogP contribution >= 0.6 is 11.6 Å². The lowest BCUT2D eigenvalue weighted by atomic mass is 10.2. The van der Waals surface area contributed by atoms with Crippen LogP contribution < -0.4 is 5.43 Å². The van der Waals surface area contributed by atoms with Crippen LogP contribution in [0.1, 0.15) is 10.4 Å². The molecule has 0 aliphatic carbocycles. The Morgan fingerprint density at radius 2 is 2.25 bits per heavy atom. The van der Waals surface area contributed by atoms with E-state index in [2.05, 4.69) is 10.7 Å². The number of nitrogens with one attached hydrogen (secondary N) is 1. The number of hydrogen-bond acceptors (Lipinski definition) is 3. The van der Waals surface area contributed by atoms with Crippen LogP contribution in [0.25, 0.3) is 0 Å². The molecule has 1 rings (SSSR count). The average Bonchev–Trinajstić information content (AvgIpc) is 2.05. The van der Waals surface area contributed by atoms with Gasteiger partial charge in [-0.3, -0.25) is 4.79 Å². The zero-order chi connectivity index (χ0) is 8.97. The van der Waals surface area contributed by atoms with Crippen LogP contribution in [0.15, 0.2) is 29.6 Å². The highest BCUT2D eigenvalue weighted by molar-refractivity contribution is 6.67. The molecule has 0 aliphatic heterocycles. The van der Waals surface area contributed by atoms with Crippen LogP contribution in [0.2, 0.25) is 0 Å². The van der Waals surface area contributed by atoms with E-state index < -0.39 is 5.24 Å². The molecule has 62 valence electrons. The molecule has 0 aliphatic rings. The number of nitrogens with zero attached hydrogens (tertiary/aromatic N) is 1. The minimum Gasteiger partial charge on any atom is -0.276 e. The summed E-state index contributed by atoms with van der Waals surface area (Å²) < 4.78 is 0. The van der Waals surface area contributed by atoms with E-state index in [0.29, 0.717) is 11.3 Å². The molecule has 0 saturated carbocycles. The Labute approximate surface area is 73.5 Å². The van der Waals surface area contributed by atoms with Crippen LogP contribution in [-0.4, -0.2) is 5.24 Å². The van der Waals surface area contributed by atoms with Gasteiger partial charge in [0.15, 0.2) is 0 Å². The predicted molar refractivity (Wildman–Crippen MR) is 46.0 cm³/mol. The molecule has 0 fully saturated rings. The topological polar surface area (TPSA) is 58.5 Å². The van der Waals surface area contributed by atoms with Crippen molar-refractivity contribution in [1.82, 2.24) is 0 Å². The van der Waals surface area contributed by atoms with E-state index >= 15 is 0 Å². The van der Waals surface area contributed by atoms with Crippen molar-refractivity contribution >= 4 is 22.5 Å². The van der Waals surface area contributed by atoms with Crippen molar-refractivity contribution in [3.63, 3.8) is 0 Å². The first kappa shape index (κ1) is 8.67. The molecule has 0 atom stereocenters. The summed E-state index contributed by atoms with van der Waals surface area (Å²) in [4.78, 5) is 20.4. The lowest BCUT2D eigenvalue weighted by molar-refractivity contribution is 0.108. The van der Waals surface area contributed by atoms with E-state index in [1.54, 1.807) is 18.2 Å². The van der Waals surface area contributed by atoms with Crippen LogP contribution in [0, 0.1) is 4.91 Å². The van der Waals surface area contributed by atoms with Gasteiger partial charge in [-0.25, -0.2) is 5.43 Å². The van der Waals surface area contributed by atoms with Crippen LogP contribution in [0.4, 0.5) is 5.69 Å². The van der Waals surface area contributed by atoms with E-state index in [0.717, 1.165) is 0 Å². The fourth-order valence-corrected chi connectivity index (χ4v) is 0.881. The van der Waals surface area contributed by atoms with Gasteiger partial charge in [-0.15, -0.1) is 4.91 Å². The molecule has 0 spiro atoms. The van der Waals surface area contributed by atoms with E-state index in [1.807, 2.05) is 0 Å². The number of nitroso groups, excluding NO2 is 1. The number of hydrogen-bond donors (Lipinski definition) is 1. The summed E-state index contributed by atoms with van der Waals surface area (Å²) in [7, 11) is 0. The molecule has 1 aromatic rings. The molecule has 0 bridgehead atoms. The predicted octanol–water partition coefficient (Wildman–Crippen LogP) is 2.16. The van der Waals surface area contributed by atoms with Gasteiger partial charge >= 0.3 is 0 Å². The van der Waals surface area contributed by atoms with Crippen molar-refractivity contribution in [2.45, 2.75) is 0 Å². The molecule has 1 aromatic carbocycles. The van der Waals surface area contributed by atoms with E-state index in [4.69, 9.17) is 11.6 Å². The Morgan fingerprint density at radius 3 is 2.83 bits per heavy atom.